The molecule has 33 heavy (non-hydrogen) atoms. The van der Waals surface area contributed by atoms with Gasteiger partial charge in [-0.05, 0) is 55.4 Å². The molecule has 0 aliphatic carbocycles. The van der Waals surface area contributed by atoms with E-state index >= 15 is 0 Å². The Bertz CT molecular complexity index is 1200. The van der Waals surface area contributed by atoms with E-state index in [0.717, 1.165) is 60.1 Å². The average Bonchev–Trinajstić information content (AvgIpc) is 3.07. The molecular formula is C26H26FN5O. The lowest BCUT2D eigenvalue weighted by molar-refractivity contribution is -0.110. The molecule has 0 atom stereocenters. The van der Waals surface area contributed by atoms with Crippen molar-refractivity contribution in [3.63, 3.8) is 0 Å². The second kappa shape index (κ2) is 9.48. The molecule has 168 valence electrons. The number of amides is 1. The summed E-state index contributed by atoms with van der Waals surface area (Å²) < 4.78 is 13.5. The van der Waals surface area contributed by atoms with Crippen LogP contribution in [0.5, 0.6) is 0 Å². The molecule has 0 radical (unpaired) electrons. The molecule has 1 saturated heterocycles. The molecule has 0 spiro atoms. The van der Waals surface area contributed by atoms with Gasteiger partial charge < -0.3 is 10.2 Å². The van der Waals surface area contributed by atoms with Crippen LogP contribution in [0.25, 0.3) is 11.1 Å². The predicted molar refractivity (Wildman–Crippen MR) is 128 cm³/mol. The minimum absolute atomic E-state index is 0.308. The number of pyridine rings is 2. The normalized spacial score (nSPS) is 15.9. The van der Waals surface area contributed by atoms with E-state index in [9.17, 15) is 9.18 Å². The van der Waals surface area contributed by atoms with Gasteiger partial charge in [0.1, 0.15) is 11.5 Å². The molecule has 6 nitrogen and oxygen atoms in total. The Labute approximate surface area is 192 Å². The maximum absolute atomic E-state index is 13.5. The van der Waals surface area contributed by atoms with E-state index in [1.165, 1.54) is 31.5 Å². The van der Waals surface area contributed by atoms with Crippen LogP contribution in [-0.4, -0.2) is 41.2 Å². The first-order valence-electron chi connectivity index (χ1n) is 11.5. The maximum atomic E-state index is 13.5. The van der Waals surface area contributed by atoms with Crippen molar-refractivity contribution < 1.29 is 9.18 Å². The average molecular weight is 444 g/mol. The van der Waals surface area contributed by atoms with E-state index in [1.54, 1.807) is 0 Å². The van der Waals surface area contributed by atoms with Crippen LogP contribution < -0.4 is 10.2 Å². The molecule has 2 aliphatic rings. The van der Waals surface area contributed by atoms with Crippen LogP contribution in [0, 0.1) is 5.82 Å². The smallest absolute Gasteiger partial charge is 0.274 e. The first kappa shape index (κ1) is 21.2. The maximum Gasteiger partial charge on any atom is 0.274 e. The number of carbonyl (C=O) groups is 1. The summed E-state index contributed by atoms with van der Waals surface area (Å²) in [5.41, 5.74) is 5.72. The molecule has 0 saturated carbocycles. The summed E-state index contributed by atoms with van der Waals surface area (Å²) in [5.74, 6) is -0.859. The number of aromatic nitrogens is 2. The number of anilines is 2. The molecule has 2 aliphatic heterocycles. The molecule has 7 heteroatoms. The van der Waals surface area contributed by atoms with Gasteiger partial charge in [0.05, 0.1) is 30.0 Å². The van der Waals surface area contributed by atoms with Gasteiger partial charge in [0.25, 0.3) is 5.91 Å². The standard InChI is InChI=1S/C26H26FN5O/c27-21-13-22(16-29-15-21)31-26(33)25-24-12-19(7-6-18(24)5-4-8-30-25)20-11-23(17-28-14-20)32-9-2-1-3-10-32/h6-7,11-17H,1-5,8-10H2,(H,31,33). The minimum Gasteiger partial charge on any atom is -0.370 e. The molecule has 1 fully saturated rings. The predicted octanol–water partition coefficient (Wildman–Crippen LogP) is 4.65. The lowest BCUT2D eigenvalue weighted by Gasteiger charge is -2.28. The van der Waals surface area contributed by atoms with Gasteiger partial charge in [-0.25, -0.2) is 4.39 Å². The molecular weight excluding hydrogens is 417 g/mol. The van der Waals surface area contributed by atoms with Crippen LogP contribution >= 0.6 is 0 Å². The number of piperidine rings is 1. The van der Waals surface area contributed by atoms with Crippen molar-refractivity contribution in [3.8, 4) is 11.1 Å². The van der Waals surface area contributed by atoms with Crippen LogP contribution in [-0.2, 0) is 11.2 Å². The molecule has 0 bridgehead atoms. The highest BCUT2D eigenvalue weighted by Gasteiger charge is 2.21. The van der Waals surface area contributed by atoms with E-state index in [4.69, 9.17) is 0 Å². The number of benzene rings is 1. The van der Waals surface area contributed by atoms with Crippen molar-refractivity contribution in [1.29, 1.82) is 0 Å². The number of hydrogen-bond acceptors (Lipinski definition) is 5. The van der Waals surface area contributed by atoms with Gasteiger partial charge >= 0.3 is 0 Å². The van der Waals surface area contributed by atoms with Gasteiger partial charge in [-0.2, -0.15) is 0 Å². The zero-order valence-corrected chi connectivity index (χ0v) is 18.4. The Hall–Kier alpha value is -3.61. The number of carbonyl (C=O) groups excluding carboxylic acids is 1. The van der Waals surface area contributed by atoms with Crippen molar-refractivity contribution in [2.75, 3.05) is 29.9 Å². The van der Waals surface area contributed by atoms with E-state index in [1.807, 2.05) is 18.5 Å². The largest absolute Gasteiger partial charge is 0.370 e. The van der Waals surface area contributed by atoms with Gasteiger partial charge in [-0.3, -0.25) is 19.8 Å². The summed E-state index contributed by atoms with van der Waals surface area (Å²) >= 11 is 0. The molecule has 5 rings (SSSR count). The minimum atomic E-state index is -0.501. The Morgan fingerprint density at radius 1 is 0.909 bits per heavy atom. The zero-order chi connectivity index (χ0) is 22.6. The summed E-state index contributed by atoms with van der Waals surface area (Å²) in [5, 5.41) is 2.74. The van der Waals surface area contributed by atoms with Crippen molar-refractivity contribution in [2.24, 2.45) is 4.99 Å². The second-order valence-electron chi connectivity index (χ2n) is 8.53. The molecule has 1 aromatic carbocycles. The Balaban J connectivity index is 1.46. The highest BCUT2D eigenvalue weighted by Crippen LogP contribution is 2.29. The Kier molecular flexibility index (Phi) is 6.11. The lowest BCUT2D eigenvalue weighted by atomic mass is 9.95. The van der Waals surface area contributed by atoms with E-state index in [-0.39, 0.29) is 5.91 Å². The second-order valence-corrected chi connectivity index (χ2v) is 8.53. The number of aryl methyl sites for hydroxylation is 1. The summed E-state index contributed by atoms with van der Waals surface area (Å²) in [6, 6.07) is 9.62. The first-order valence-corrected chi connectivity index (χ1v) is 11.5. The quantitative estimate of drug-likeness (QED) is 0.637. The fourth-order valence-corrected chi connectivity index (χ4v) is 4.52. The Morgan fingerprint density at radius 2 is 1.76 bits per heavy atom. The summed E-state index contributed by atoms with van der Waals surface area (Å²) in [6.07, 6.45) is 11.7. The number of hydrogen-bond donors (Lipinski definition) is 1. The zero-order valence-electron chi connectivity index (χ0n) is 18.4. The fourth-order valence-electron chi connectivity index (χ4n) is 4.52. The van der Waals surface area contributed by atoms with Gasteiger partial charge in [-0.15, -0.1) is 0 Å². The van der Waals surface area contributed by atoms with Crippen molar-refractivity contribution in [2.45, 2.75) is 32.1 Å². The van der Waals surface area contributed by atoms with E-state index in [0.29, 0.717) is 17.9 Å². The van der Waals surface area contributed by atoms with Crippen LogP contribution in [0.2, 0.25) is 0 Å². The Morgan fingerprint density at radius 3 is 2.61 bits per heavy atom. The van der Waals surface area contributed by atoms with Crippen molar-refractivity contribution in [3.05, 3.63) is 72.1 Å². The van der Waals surface area contributed by atoms with Crippen LogP contribution in [0.15, 0.2) is 60.1 Å². The topological polar surface area (TPSA) is 70.5 Å². The number of fused-ring (bicyclic) bond motifs is 1. The summed E-state index contributed by atoms with van der Waals surface area (Å²) in [6.45, 7) is 2.68. The highest BCUT2D eigenvalue weighted by atomic mass is 19.1. The van der Waals surface area contributed by atoms with E-state index < -0.39 is 5.82 Å². The summed E-state index contributed by atoms with van der Waals surface area (Å²) in [4.78, 5) is 28.3. The first-order chi connectivity index (χ1) is 16.2. The van der Waals surface area contributed by atoms with Gasteiger partial charge in [-0.1, -0.05) is 12.1 Å². The third-order valence-corrected chi connectivity index (χ3v) is 6.20. The number of halogens is 1. The van der Waals surface area contributed by atoms with E-state index in [2.05, 4.69) is 43.4 Å². The molecule has 1 amide bonds. The molecule has 0 unspecified atom stereocenters. The summed E-state index contributed by atoms with van der Waals surface area (Å²) in [7, 11) is 0. The number of nitrogens with zero attached hydrogens (tertiary/aromatic N) is 4. The molecule has 1 N–H and O–H groups in total. The monoisotopic (exact) mass is 443 g/mol. The molecule has 4 heterocycles. The lowest BCUT2D eigenvalue weighted by Crippen LogP contribution is -2.29. The van der Waals surface area contributed by atoms with Gasteiger partial charge in [0.15, 0.2) is 0 Å². The highest BCUT2D eigenvalue weighted by molar-refractivity contribution is 6.49. The molecule has 3 aromatic rings. The SMILES string of the molecule is O=C(Nc1cncc(F)c1)C1=NCCCc2ccc(-c3cncc(N4CCCCC4)c3)cc21. The van der Waals surface area contributed by atoms with Crippen LogP contribution in [0.3, 0.4) is 0 Å². The fraction of sp³-hybridized carbons (Fsp3) is 0.308. The van der Waals surface area contributed by atoms with Gasteiger partial charge in [0.2, 0.25) is 0 Å². The van der Waals surface area contributed by atoms with Gasteiger partial charge in [0, 0.05) is 43.0 Å². The number of aliphatic imine (C=N–C) groups is 1. The van der Waals surface area contributed by atoms with Crippen molar-refractivity contribution >= 4 is 23.0 Å². The third-order valence-electron chi connectivity index (χ3n) is 6.20. The third kappa shape index (κ3) is 4.77. The number of rotatable bonds is 4. The van der Waals surface area contributed by atoms with Crippen LogP contribution in [0.4, 0.5) is 15.8 Å². The molecule has 2 aromatic heterocycles. The van der Waals surface area contributed by atoms with Crippen LogP contribution in [0.1, 0.15) is 36.8 Å². The number of nitrogens with one attached hydrogen (secondary N) is 1. The van der Waals surface area contributed by atoms with Crippen molar-refractivity contribution in [1.82, 2.24) is 9.97 Å².